The number of aliphatic hydroxyl groups is 1. The Bertz CT molecular complexity index is 1090. The molecule has 4 N–H and O–H groups in total. The van der Waals surface area contributed by atoms with E-state index in [1.807, 2.05) is 53.1 Å². The number of fused-ring (bicyclic) bond motifs is 1. The molecule has 1 aromatic carbocycles. The molecule has 0 aliphatic rings. The van der Waals surface area contributed by atoms with Gasteiger partial charge in [0.1, 0.15) is 5.69 Å². The Morgan fingerprint density at radius 1 is 1.20 bits per heavy atom. The van der Waals surface area contributed by atoms with E-state index in [1.165, 1.54) is 12.8 Å². The SMILES string of the molecule is C=C/C(=C\c1cc(-c2n[nH]c3ccc(C(=O)NCCO)cc23)[nH]c1C)CN(C)C.CC.CCCC. The molecule has 3 aromatic rings. The number of aromatic nitrogens is 3. The van der Waals surface area contributed by atoms with Gasteiger partial charge in [0.15, 0.2) is 0 Å². The molecule has 0 spiro atoms. The van der Waals surface area contributed by atoms with Crippen LogP contribution in [0.3, 0.4) is 0 Å². The largest absolute Gasteiger partial charge is 0.395 e. The van der Waals surface area contributed by atoms with Crippen molar-refractivity contribution in [2.24, 2.45) is 0 Å². The first-order valence-electron chi connectivity index (χ1n) is 12.4. The van der Waals surface area contributed by atoms with Crippen LogP contribution in [0.15, 0.2) is 42.5 Å². The van der Waals surface area contributed by atoms with Crippen molar-refractivity contribution in [1.29, 1.82) is 0 Å². The highest BCUT2D eigenvalue weighted by atomic mass is 16.3. The second-order valence-electron chi connectivity index (χ2n) is 8.24. The van der Waals surface area contributed by atoms with Crippen molar-refractivity contribution in [3.63, 3.8) is 0 Å². The number of H-pyrrole nitrogens is 2. The minimum absolute atomic E-state index is 0.0937. The lowest BCUT2D eigenvalue weighted by atomic mass is 10.1. The molecule has 0 saturated carbocycles. The number of carbonyl (C=O) groups excluding carboxylic acids is 1. The van der Waals surface area contributed by atoms with Crippen molar-refractivity contribution in [3.05, 3.63) is 59.3 Å². The zero-order valence-electron chi connectivity index (χ0n) is 22.5. The Morgan fingerprint density at radius 2 is 1.89 bits per heavy atom. The lowest BCUT2D eigenvalue weighted by Gasteiger charge is -2.09. The fourth-order valence-corrected chi connectivity index (χ4v) is 3.22. The fourth-order valence-electron chi connectivity index (χ4n) is 3.22. The maximum atomic E-state index is 12.2. The monoisotopic (exact) mass is 481 g/mol. The van der Waals surface area contributed by atoms with Crippen molar-refractivity contribution in [3.8, 4) is 11.4 Å². The van der Waals surface area contributed by atoms with Crippen LogP contribution in [0.5, 0.6) is 0 Å². The summed E-state index contributed by atoms with van der Waals surface area (Å²) in [5.41, 5.74) is 6.24. The minimum atomic E-state index is -0.223. The summed E-state index contributed by atoms with van der Waals surface area (Å²) in [5, 5.41) is 19.9. The topological polar surface area (TPSA) is 97.0 Å². The van der Waals surface area contributed by atoms with Gasteiger partial charge in [-0.15, -0.1) is 0 Å². The van der Waals surface area contributed by atoms with Gasteiger partial charge in [0.2, 0.25) is 0 Å². The second-order valence-corrected chi connectivity index (χ2v) is 8.24. The molecule has 0 aliphatic heterocycles. The van der Waals surface area contributed by atoms with E-state index < -0.39 is 0 Å². The lowest BCUT2D eigenvalue weighted by Crippen LogP contribution is -2.26. The van der Waals surface area contributed by atoms with Gasteiger partial charge in [-0.3, -0.25) is 9.89 Å². The number of hydrogen-bond donors (Lipinski definition) is 4. The number of nitrogens with zero attached hydrogens (tertiary/aromatic N) is 2. The number of hydrogen-bond acceptors (Lipinski definition) is 4. The molecular weight excluding hydrogens is 438 g/mol. The Balaban J connectivity index is 0.000000926. The first-order chi connectivity index (χ1) is 16.8. The van der Waals surface area contributed by atoms with Crippen LogP contribution >= 0.6 is 0 Å². The van der Waals surface area contributed by atoms with Gasteiger partial charge in [0.05, 0.1) is 17.8 Å². The van der Waals surface area contributed by atoms with Crippen molar-refractivity contribution < 1.29 is 9.90 Å². The first kappa shape index (κ1) is 29.9. The number of unbranched alkanes of at least 4 members (excludes halogenated alkanes) is 1. The van der Waals surface area contributed by atoms with E-state index in [9.17, 15) is 4.79 Å². The summed E-state index contributed by atoms with van der Waals surface area (Å²) < 4.78 is 0. The van der Waals surface area contributed by atoms with Gasteiger partial charge in [-0.2, -0.15) is 5.10 Å². The Hall–Kier alpha value is -3.16. The average Bonchev–Trinajstić information content (AvgIpc) is 3.45. The summed E-state index contributed by atoms with van der Waals surface area (Å²) in [6, 6.07) is 7.45. The number of amides is 1. The van der Waals surface area contributed by atoms with Crippen LogP contribution < -0.4 is 5.32 Å². The van der Waals surface area contributed by atoms with Crippen molar-refractivity contribution in [1.82, 2.24) is 25.4 Å². The molecule has 0 radical (unpaired) electrons. The molecule has 2 aromatic heterocycles. The highest BCUT2D eigenvalue weighted by Crippen LogP contribution is 2.29. The maximum Gasteiger partial charge on any atom is 0.251 e. The van der Waals surface area contributed by atoms with Crippen molar-refractivity contribution in [2.75, 3.05) is 33.8 Å². The van der Waals surface area contributed by atoms with E-state index in [2.05, 4.69) is 58.0 Å². The number of carbonyl (C=O) groups is 1. The number of nitrogens with one attached hydrogen (secondary N) is 3. The normalized spacial score (nSPS) is 10.9. The van der Waals surface area contributed by atoms with Crippen LogP contribution in [-0.4, -0.2) is 64.9 Å². The van der Waals surface area contributed by atoms with E-state index in [0.29, 0.717) is 5.56 Å². The van der Waals surface area contributed by atoms with Crippen LogP contribution in [0.25, 0.3) is 28.4 Å². The predicted octanol–water partition coefficient (Wildman–Crippen LogP) is 5.55. The van der Waals surface area contributed by atoms with Crippen LogP contribution in [0.1, 0.15) is 62.2 Å². The van der Waals surface area contributed by atoms with E-state index in [1.54, 1.807) is 6.07 Å². The Morgan fingerprint density at radius 3 is 2.46 bits per heavy atom. The molecule has 35 heavy (non-hydrogen) atoms. The van der Waals surface area contributed by atoms with Gasteiger partial charge in [-0.05, 0) is 62.5 Å². The van der Waals surface area contributed by atoms with E-state index in [-0.39, 0.29) is 19.1 Å². The molecular formula is C28H43N5O2. The number of likely N-dealkylation sites (N-methyl/N-ethyl adjacent to an activating group) is 1. The molecule has 7 nitrogen and oxygen atoms in total. The number of aliphatic hydroxyl groups excluding tert-OH is 1. The standard InChI is InChI=1S/C22H27N5O2.C4H10.C2H6/c1-5-15(13-27(3)4)10-17-12-20(24-14(17)2)21-18-11-16(22(29)23-8-9-28)6-7-19(18)25-26-21;1-3-4-2;1-2/h5-7,10-12,24,28H,1,8-9,13H2,2-4H3,(H,23,29)(H,25,26);3-4H2,1-2H3;1-2H3/b15-10+;;. The van der Waals surface area contributed by atoms with Gasteiger partial charge >= 0.3 is 0 Å². The molecule has 0 saturated heterocycles. The van der Waals surface area contributed by atoms with Crippen LogP contribution in [0, 0.1) is 6.92 Å². The summed E-state index contributed by atoms with van der Waals surface area (Å²) in [6.45, 7) is 15.2. The second kappa shape index (κ2) is 15.7. The van der Waals surface area contributed by atoms with Gasteiger partial charge in [-0.25, -0.2) is 0 Å². The zero-order valence-corrected chi connectivity index (χ0v) is 22.5. The van der Waals surface area contributed by atoms with Crippen LogP contribution in [0.4, 0.5) is 0 Å². The quantitative estimate of drug-likeness (QED) is 0.301. The molecule has 0 bridgehead atoms. The Kier molecular flexibility index (Phi) is 13.4. The van der Waals surface area contributed by atoms with Crippen molar-refractivity contribution in [2.45, 2.75) is 47.5 Å². The number of benzene rings is 1. The highest BCUT2D eigenvalue weighted by molar-refractivity contribution is 6.01. The molecule has 192 valence electrons. The summed E-state index contributed by atoms with van der Waals surface area (Å²) >= 11 is 0. The van der Waals surface area contributed by atoms with E-state index >= 15 is 0 Å². The molecule has 1 amide bonds. The molecule has 7 heteroatoms. The lowest BCUT2D eigenvalue weighted by molar-refractivity contribution is 0.0945. The zero-order chi connectivity index (χ0) is 26.4. The highest BCUT2D eigenvalue weighted by Gasteiger charge is 2.14. The van der Waals surface area contributed by atoms with Crippen LogP contribution in [-0.2, 0) is 0 Å². The van der Waals surface area contributed by atoms with Gasteiger partial charge in [0.25, 0.3) is 5.91 Å². The molecule has 0 fully saturated rings. The molecule has 0 unspecified atom stereocenters. The minimum Gasteiger partial charge on any atom is -0.395 e. The predicted molar refractivity (Wildman–Crippen MR) is 149 cm³/mol. The maximum absolute atomic E-state index is 12.2. The molecule has 0 aliphatic carbocycles. The third-order valence-electron chi connectivity index (χ3n) is 5.13. The summed E-state index contributed by atoms with van der Waals surface area (Å²) in [5.74, 6) is -0.223. The summed E-state index contributed by atoms with van der Waals surface area (Å²) in [7, 11) is 4.05. The molecule has 3 rings (SSSR count). The van der Waals surface area contributed by atoms with E-state index in [4.69, 9.17) is 5.11 Å². The van der Waals surface area contributed by atoms with E-state index in [0.717, 1.165) is 45.7 Å². The summed E-state index contributed by atoms with van der Waals surface area (Å²) in [4.78, 5) is 17.7. The van der Waals surface area contributed by atoms with Gasteiger partial charge in [-0.1, -0.05) is 53.2 Å². The first-order valence-corrected chi connectivity index (χ1v) is 12.4. The third kappa shape index (κ3) is 8.85. The smallest absolute Gasteiger partial charge is 0.251 e. The number of rotatable bonds is 9. The number of aryl methyl sites for hydroxylation is 1. The number of aromatic amines is 2. The summed E-state index contributed by atoms with van der Waals surface area (Å²) in [6.07, 6.45) is 6.62. The Labute approximate surface area is 210 Å². The van der Waals surface area contributed by atoms with Gasteiger partial charge < -0.3 is 20.3 Å². The van der Waals surface area contributed by atoms with Gasteiger partial charge in [0, 0.05) is 29.7 Å². The third-order valence-corrected chi connectivity index (χ3v) is 5.13. The average molecular weight is 482 g/mol. The fraction of sp³-hybridized carbons (Fsp3) is 0.429. The molecule has 2 heterocycles. The van der Waals surface area contributed by atoms with Crippen molar-refractivity contribution >= 4 is 22.9 Å². The molecule has 0 atom stereocenters. The van der Waals surface area contributed by atoms with Crippen LogP contribution in [0.2, 0.25) is 0 Å².